The molecule has 19 heavy (non-hydrogen) atoms. The minimum atomic E-state index is 0.250. The first-order valence-electron chi connectivity index (χ1n) is 7.13. The summed E-state index contributed by atoms with van der Waals surface area (Å²) < 4.78 is 5.27. The van der Waals surface area contributed by atoms with E-state index in [-0.39, 0.29) is 5.91 Å². The van der Waals surface area contributed by atoms with Crippen LogP contribution in [0.3, 0.4) is 0 Å². The topological polar surface area (TPSA) is 29.5 Å². The second-order valence-corrected chi connectivity index (χ2v) is 5.41. The quantitative estimate of drug-likeness (QED) is 0.831. The van der Waals surface area contributed by atoms with Crippen molar-refractivity contribution in [3.8, 4) is 5.75 Å². The minimum absolute atomic E-state index is 0.250. The highest BCUT2D eigenvalue weighted by Gasteiger charge is 2.26. The summed E-state index contributed by atoms with van der Waals surface area (Å²) in [6.45, 7) is 5.15. The number of unbranched alkanes of at least 4 members (excludes halogenated alkanes) is 1. The molecule has 3 heteroatoms. The molecule has 0 radical (unpaired) electrons. The molecule has 1 aliphatic heterocycles. The zero-order chi connectivity index (χ0) is 13.8. The van der Waals surface area contributed by atoms with E-state index in [2.05, 4.69) is 19.9 Å². The van der Waals surface area contributed by atoms with E-state index in [4.69, 9.17) is 4.74 Å². The molecule has 0 aromatic heterocycles. The highest BCUT2D eigenvalue weighted by Crippen LogP contribution is 2.33. The number of anilines is 1. The summed E-state index contributed by atoms with van der Waals surface area (Å²) >= 11 is 0. The van der Waals surface area contributed by atoms with Crippen molar-refractivity contribution in [1.29, 1.82) is 0 Å². The standard InChI is InChI=1S/C16H23NO2/c1-4-5-6-16(18)17-11-12(2)9-13-10-14(19-3)7-8-15(13)17/h7-8,10,12H,4-6,9,11H2,1-3H3. The number of hydrogen-bond donors (Lipinski definition) is 0. The van der Waals surface area contributed by atoms with Gasteiger partial charge in [0.2, 0.25) is 5.91 Å². The van der Waals surface area contributed by atoms with E-state index in [1.54, 1.807) is 7.11 Å². The summed E-state index contributed by atoms with van der Waals surface area (Å²) in [7, 11) is 1.68. The third-order valence-electron chi connectivity index (χ3n) is 3.69. The molecule has 0 bridgehead atoms. The lowest BCUT2D eigenvalue weighted by atomic mass is 9.93. The Hall–Kier alpha value is -1.51. The van der Waals surface area contributed by atoms with Crippen LogP contribution in [0.2, 0.25) is 0 Å². The Labute approximate surface area is 115 Å². The number of methoxy groups -OCH3 is 1. The molecular weight excluding hydrogens is 238 g/mol. The summed E-state index contributed by atoms with van der Waals surface area (Å²) in [4.78, 5) is 14.3. The lowest BCUT2D eigenvalue weighted by Crippen LogP contribution is -2.39. The largest absolute Gasteiger partial charge is 0.497 e. The Morgan fingerprint density at radius 1 is 1.47 bits per heavy atom. The van der Waals surface area contributed by atoms with Crippen LogP contribution in [0.25, 0.3) is 0 Å². The van der Waals surface area contributed by atoms with Gasteiger partial charge in [0.15, 0.2) is 0 Å². The summed E-state index contributed by atoms with van der Waals surface area (Å²) in [5, 5.41) is 0. The molecule has 1 heterocycles. The van der Waals surface area contributed by atoms with E-state index in [1.165, 1.54) is 5.56 Å². The lowest BCUT2D eigenvalue weighted by molar-refractivity contribution is -0.118. The molecule has 0 spiro atoms. The van der Waals surface area contributed by atoms with Gasteiger partial charge in [0, 0.05) is 18.7 Å². The number of nitrogens with zero attached hydrogens (tertiary/aromatic N) is 1. The van der Waals surface area contributed by atoms with Crippen molar-refractivity contribution < 1.29 is 9.53 Å². The predicted molar refractivity (Wildman–Crippen MR) is 77.7 cm³/mol. The van der Waals surface area contributed by atoms with Gasteiger partial charge in [0.25, 0.3) is 0 Å². The normalized spacial score (nSPS) is 18.1. The van der Waals surface area contributed by atoms with Crippen molar-refractivity contribution in [3.05, 3.63) is 23.8 Å². The van der Waals surface area contributed by atoms with Gasteiger partial charge in [-0.1, -0.05) is 20.3 Å². The Morgan fingerprint density at radius 2 is 2.26 bits per heavy atom. The molecule has 0 saturated carbocycles. The Balaban J connectivity index is 2.25. The van der Waals surface area contributed by atoms with Crippen LogP contribution in [0.5, 0.6) is 5.75 Å². The lowest BCUT2D eigenvalue weighted by Gasteiger charge is -2.33. The number of carbonyl (C=O) groups excluding carboxylic acids is 1. The van der Waals surface area contributed by atoms with E-state index in [0.717, 1.165) is 37.2 Å². The van der Waals surface area contributed by atoms with Crippen LogP contribution >= 0.6 is 0 Å². The molecule has 104 valence electrons. The first-order chi connectivity index (χ1) is 9.15. The van der Waals surface area contributed by atoms with Crippen molar-refractivity contribution in [3.63, 3.8) is 0 Å². The fraction of sp³-hybridized carbons (Fsp3) is 0.562. The van der Waals surface area contributed by atoms with Gasteiger partial charge < -0.3 is 9.64 Å². The molecule has 1 atom stereocenters. The number of carbonyl (C=O) groups is 1. The maximum atomic E-state index is 12.3. The van der Waals surface area contributed by atoms with Crippen molar-refractivity contribution in [2.45, 2.75) is 39.5 Å². The van der Waals surface area contributed by atoms with Crippen molar-refractivity contribution in [2.24, 2.45) is 5.92 Å². The van der Waals surface area contributed by atoms with Gasteiger partial charge in [-0.05, 0) is 42.5 Å². The summed E-state index contributed by atoms with van der Waals surface area (Å²) in [5.41, 5.74) is 2.29. The fourth-order valence-corrected chi connectivity index (χ4v) is 2.66. The van der Waals surface area contributed by atoms with Gasteiger partial charge >= 0.3 is 0 Å². The highest BCUT2D eigenvalue weighted by atomic mass is 16.5. The molecule has 1 aromatic carbocycles. The third kappa shape index (κ3) is 3.09. The van der Waals surface area contributed by atoms with Crippen LogP contribution in [-0.4, -0.2) is 19.6 Å². The number of fused-ring (bicyclic) bond motifs is 1. The van der Waals surface area contributed by atoms with E-state index in [0.29, 0.717) is 12.3 Å². The number of benzene rings is 1. The second kappa shape index (κ2) is 6.09. The van der Waals surface area contributed by atoms with Crippen LogP contribution in [0.4, 0.5) is 5.69 Å². The third-order valence-corrected chi connectivity index (χ3v) is 3.69. The van der Waals surface area contributed by atoms with Crippen LogP contribution in [0, 0.1) is 5.92 Å². The average molecular weight is 261 g/mol. The SMILES string of the molecule is CCCCC(=O)N1CC(C)Cc2cc(OC)ccc21. The van der Waals surface area contributed by atoms with Gasteiger partial charge in [0.1, 0.15) is 5.75 Å². The van der Waals surface area contributed by atoms with Gasteiger partial charge in [-0.2, -0.15) is 0 Å². The van der Waals surface area contributed by atoms with Crippen LogP contribution in [0.1, 0.15) is 38.7 Å². The van der Waals surface area contributed by atoms with Gasteiger partial charge in [0.05, 0.1) is 7.11 Å². The van der Waals surface area contributed by atoms with Crippen LogP contribution in [-0.2, 0) is 11.2 Å². The zero-order valence-electron chi connectivity index (χ0n) is 12.1. The Kier molecular flexibility index (Phi) is 4.46. The minimum Gasteiger partial charge on any atom is -0.497 e. The van der Waals surface area contributed by atoms with Gasteiger partial charge in [-0.25, -0.2) is 0 Å². The maximum absolute atomic E-state index is 12.3. The summed E-state index contributed by atoms with van der Waals surface area (Å²) in [5.74, 6) is 1.62. The van der Waals surface area contributed by atoms with Gasteiger partial charge in [-0.15, -0.1) is 0 Å². The Bertz CT molecular complexity index is 456. The van der Waals surface area contributed by atoms with Gasteiger partial charge in [-0.3, -0.25) is 4.79 Å². The molecule has 1 amide bonds. The molecule has 0 saturated heterocycles. The first kappa shape index (κ1) is 13.9. The zero-order valence-corrected chi connectivity index (χ0v) is 12.1. The van der Waals surface area contributed by atoms with E-state index in [1.807, 2.05) is 17.0 Å². The number of ether oxygens (including phenoxy) is 1. The van der Waals surface area contributed by atoms with Crippen molar-refractivity contribution in [1.82, 2.24) is 0 Å². The average Bonchev–Trinajstić information content (AvgIpc) is 2.42. The fourth-order valence-electron chi connectivity index (χ4n) is 2.66. The van der Waals surface area contributed by atoms with E-state index < -0.39 is 0 Å². The molecule has 2 rings (SSSR count). The molecule has 0 fully saturated rings. The molecule has 3 nitrogen and oxygen atoms in total. The van der Waals surface area contributed by atoms with E-state index >= 15 is 0 Å². The maximum Gasteiger partial charge on any atom is 0.226 e. The van der Waals surface area contributed by atoms with Crippen LogP contribution < -0.4 is 9.64 Å². The van der Waals surface area contributed by atoms with E-state index in [9.17, 15) is 4.79 Å². The summed E-state index contributed by atoms with van der Waals surface area (Å²) in [6, 6.07) is 6.02. The Morgan fingerprint density at radius 3 is 2.95 bits per heavy atom. The molecule has 0 aliphatic carbocycles. The van der Waals surface area contributed by atoms with Crippen LogP contribution in [0.15, 0.2) is 18.2 Å². The highest BCUT2D eigenvalue weighted by molar-refractivity contribution is 5.94. The molecule has 0 N–H and O–H groups in total. The van der Waals surface area contributed by atoms with Crippen molar-refractivity contribution in [2.75, 3.05) is 18.6 Å². The smallest absolute Gasteiger partial charge is 0.226 e. The molecular formula is C16H23NO2. The number of hydrogen-bond acceptors (Lipinski definition) is 2. The monoisotopic (exact) mass is 261 g/mol. The first-order valence-corrected chi connectivity index (χ1v) is 7.13. The predicted octanol–water partition coefficient (Wildman–Crippen LogP) is 3.41. The summed E-state index contributed by atoms with van der Waals surface area (Å²) in [6.07, 6.45) is 3.69. The van der Waals surface area contributed by atoms with Crippen molar-refractivity contribution >= 4 is 11.6 Å². The second-order valence-electron chi connectivity index (χ2n) is 5.41. The molecule has 1 aromatic rings. The number of rotatable bonds is 4. The molecule has 1 unspecified atom stereocenters. The molecule has 1 aliphatic rings. The number of amides is 1.